The molecule has 1 saturated carbocycles. The third kappa shape index (κ3) is 4.09. The lowest BCUT2D eigenvalue weighted by atomic mass is 10.1. The van der Waals surface area contributed by atoms with Crippen LogP contribution in [0, 0.1) is 5.92 Å². The summed E-state index contributed by atoms with van der Waals surface area (Å²) >= 11 is 0. The van der Waals surface area contributed by atoms with E-state index in [9.17, 15) is 0 Å². The van der Waals surface area contributed by atoms with Crippen LogP contribution in [0.5, 0.6) is 0 Å². The minimum atomic E-state index is 0.919. The molecule has 0 atom stereocenters. The Bertz CT molecular complexity index is 163. The molecule has 88 valence electrons. The van der Waals surface area contributed by atoms with Gasteiger partial charge in [0.05, 0.1) is 13.2 Å². The molecule has 0 amide bonds. The molecule has 0 unspecified atom stereocenters. The summed E-state index contributed by atoms with van der Waals surface area (Å²) < 4.78 is 5.33. The zero-order valence-electron chi connectivity index (χ0n) is 9.71. The van der Waals surface area contributed by atoms with Crippen LogP contribution in [0.2, 0.25) is 0 Å². The van der Waals surface area contributed by atoms with E-state index in [-0.39, 0.29) is 0 Å². The molecule has 1 aliphatic carbocycles. The van der Waals surface area contributed by atoms with Crippen LogP contribution in [0.3, 0.4) is 0 Å². The first-order valence-corrected chi connectivity index (χ1v) is 6.46. The van der Waals surface area contributed by atoms with Gasteiger partial charge in [0, 0.05) is 26.2 Å². The number of morpholine rings is 1. The number of hydrogen-bond donors (Lipinski definition) is 1. The van der Waals surface area contributed by atoms with Crippen LogP contribution in [0.1, 0.15) is 25.7 Å². The summed E-state index contributed by atoms with van der Waals surface area (Å²) in [6.45, 7) is 7.65. The van der Waals surface area contributed by atoms with Crippen LogP contribution in [0.15, 0.2) is 0 Å². The van der Waals surface area contributed by atoms with Crippen molar-refractivity contribution < 1.29 is 4.74 Å². The van der Waals surface area contributed by atoms with E-state index in [1.54, 1.807) is 0 Å². The average Bonchev–Trinajstić information content (AvgIpc) is 2.79. The van der Waals surface area contributed by atoms with Crippen molar-refractivity contribution in [3.63, 3.8) is 0 Å². The van der Waals surface area contributed by atoms with Crippen molar-refractivity contribution in [1.29, 1.82) is 0 Å². The van der Waals surface area contributed by atoms with Gasteiger partial charge in [0.15, 0.2) is 0 Å². The lowest BCUT2D eigenvalue weighted by molar-refractivity contribution is 0.0383. The summed E-state index contributed by atoms with van der Waals surface area (Å²) in [5.74, 6) is 0.967. The minimum absolute atomic E-state index is 0.919. The zero-order chi connectivity index (χ0) is 10.3. The highest BCUT2D eigenvalue weighted by Gasteiger charge is 2.14. The summed E-state index contributed by atoms with van der Waals surface area (Å²) in [4.78, 5) is 2.49. The molecule has 0 aromatic carbocycles. The lowest BCUT2D eigenvalue weighted by Crippen LogP contribution is -2.40. The number of hydrogen-bond acceptors (Lipinski definition) is 3. The molecule has 3 heteroatoms. The summed E-state index contributed by atoms with van der Waals surface area (Å²) in [5, 5.41) is 3.59. The maximum atomic E-state index is 5.33. The maximum Gasteiger partial charge on any atom is 0.0594 e. The Morgan fingerprint density at radius 3 is 2.60 bits per heavy atom. The number of nitrogens with zero attached hydrogens (tertiary/aromatic N) is 1. The van der Waals surface area contributed by atoms with Crippen LogP contribution in [-0.2, 0) is 4.74 Å². The van der Waals surface area contributed by atoms with Gasteiger partial charge in [-0.1, -0.05) is 12.8 Å². The molecule has 2 fully saturated rings. The van der Waals surface area contributed by atoms with Crippen LogP contribution in [-0.4, -0.2) is 50.8 Å². The summed E-state index contributed by atoms with van der Waals surface area (Å²) in [6, 6.07) is 0. The van der Waals surface area contributed by atoms with Crippen molar-refractivity contribution in [1.82, 2.24) is 10.2 Å². The van der Waals surface area contributed by atoms with Crippen LogP contribution >= 0.6 is 0 Å². The van der Waals surface area contributed by atoms with Crippen molar-refractivity contribution in [3.8, 4) is 0 Å². The quantitative estimate of drug-likeness (QED) is 0.691. The third-order valence-electron chi connectivity index (χ3n) is 3.62. The Balaban J connectivity index is 1.47. The Kier molecular flexibility index (Phi) is 4.90. The number of rotatable bonds is 5. The Hall–Kier alpha value is -0.120. The summed E-state index contributed by atoms with van der Waals surface area (Å²) in [5.41, 5.74) is 0. The molecule has 1 heterocycles. The van der Waals surface area contributed by atoms with Crippen molar-refractivity contribution >= 4 is 0 Å². The molecule has 1 saturated heterocycles. The van der Waals surface area contributed by atoms with Gasteiger partial charge in [-0.15, -0.1) is 0 Å². The second-order valence-corrected chi connectivity index (χ2v) is 4.81. The molecule has 15 heavy (non-hydrogen) atoms. The SMILES string of the molecule is C1CCC(CNCCN2CCOCC2)C1. The van der Waals surface area contributed by atoms with E-state index >= 15 is 0 Å². The monoisotopic (exact) mass is 212 g/mol. The highest BCUT2D eigenvalue weighted by atomic mass is 16.5. The van der Waals surface area contributed by atoms with E-state index in [0.29, 0.717) is 0 Å². The van der Waals surface area contributed by atoms with Crippen molar-refractivity contribution in [2.24, 2.45) is 5.92 Å². The second-order valence-electron chi connectivity index (χ2n) is 4.81. The largest absolute Gasteiger partial charge is 0.379 e. The molecular weight excluding hydrogens is 188 g/mol. The highest BCUT2D eigenvalue weighted by molar-refractivity contribution is 4.70. The Labute approximate surface area is 93.2 Å². The van der Waals surface area contributed by atoms with Crippen molar-refractivity contribution in [2.45, 2.75) is 25.7 Å². The van der Waals surface area contributed by atoms with Crippen LogP contribution in [0.4, 0.5) is 0 Å². The van der Waals surface area contributed by atoms with Gasteiger partial charge in [0.2, 0.25) is 0 Å². The predicted octanol–water partition coefficient (Wildman–Crippen LogP) is 1.10. The summed E-state index contributed by atoms with van der Waals surface area (Å²) in [6.07, 6.45) is 5.81. The van der Waals surface area contributed by atoms with Crippen molar-refractivity contribution in [2.75, 3.05) is 45.9 Å². The fraction of sp³-hybridized carbons (Fsp3) is 1.00. The van der Waals surface area contributed by atoms with E-state index in [2.05, 4.69) is 10.2 Å². The third-order valence-corrected chi connectivity index (χ3v) is 3.62. The van der Waals surface area contributed by atoms with Gasteiger partial charge >= 0.3 is 0 Å². The van der Waals surface area contributed by atoms with Gasteiger partial charge in [-0.25, -0.2) is 0 Å². The first-order chi connectivity index (χ1) is 7.45. The van der Waals surface area contributed by atoms with Gasteiger partial charge in [0.25, 0.3) is 0 Å². The second kappa shape index (κ2) is 6.46. The molecular formula is C12H24N2O. The Morgan fingerprint density at radius 1 is 1.13 bits per heavy atom. The fourth-order valence-corrected chi connectivity index (χ4v) is 2.58. The molecule has 0 spiro atoms. The summed E-state index contributed by atoms with van der Waals surface area (Å²) in [7, 11) is 0. The average molecular weight is 212 g/mol. The molecule has 2 rings (SSSR count). The van der Waals surface area contributed by atoms with E-state index in [1.165, 1.54) is 38.8 Å². The molecule has 0 bridgehead atoms. The molecule has 0 aromatic heterocycles. The van der Waals surface area contributed by atoms with Gasteiger partial charge in [-0.3, -0.25) is 4.90 Å². The van der Waals surface area contributed by atoms with Gasteiger partial charge in [0.1, 0.15) is 0 Å². The minimum Gasteiger partial charge on any atom is -0.379 e. The molecule has 2 aliphatic rings. The maximum absolute atomic E-state index is 5.33. The van der Waals surface area contributed by atoms with E-state index in [4.69, 9.17) is 4.74 Å². The van der Waals surface area contributed by atoms with E-state index in [1.807, 2.05) is 0 Å². The first kappa shape index (κ1) is 11.4. The van der Waals surface area contributed by atoms with Crippen LogP contribution in [0.25, 0.3) is 0 Å². The normalized spacial score (nSPS) is 24.8. The van der Waals surface area contributed by atoms with E-state index < -0.39 is 0 Å². The highest BCUT2D eigenvalue weighted by Crippen LogP contribution is 2.23. The fourth-order valence-electron chi connectivity index (χ4n) is 2.58. The number of nitrogens with one attached hydrogen (secondary N) is 1. The van der Waals surface area contributed by atoms with E-state index in [0.717, 1.165) is 38.8 Å². The van der Waals surface area contributed by atoms with Gasteiger partial charge in [-0.05, 0) is 25.3 Å². The zero-order valence-corrected chi connectivity index (χ0v) is 9.71. The van der Waals surface area contributed by atoms with Gasteiger partial charge in [-0.2, -0.15) is 0 Å². The Morgan fingerprint density at radius 2 is 1.87 bits per heavy atom. The smallest absolute Gasteiger partial charge is 0.0594 e. The topological polar surface area (TPSA) is 24.5 Å². The molecule has 1 aliphatic heterocycles. The van der Waals surface area contributed by atoms with Gasteiger partial charge < -0.3 is 10.1 Å². The standard InChI is InChI=1S/C12H24N2O/c1-2-4-12(3-1)11-13-5-6-14-7-9-15-10-8-14/h12-13H,1-11H2. The molecule has 3 nitrogen and oxygen atoms in total. The van der Waals surface area contributed by atoms with Crippen molar-refractivity contribution in [3.05, 3.63) is 0 Å². The number of ether oxygens (including phenoxy) is 1. The molecule has 0 radical (unpaired) electrons. The predicted molar refractivity (Wildman–Crippen MR) is 62.1 cm³/mol. The molecule has 0 aromatic rings. The molecule has 1 N–H and O–H groups in total. The lowest BCUT2D eigenvalue weighted by Gasteiger charge is -2.26. The van der Waals surface area contributed by atoms with Crippen LogP contribution < -0.4 is 5.32 Å². The first-order valence-electron chi connectivity index (χ1n) is 6.46.